The number of halogens is 2. The van der Waals surface area contributed by atoms with Gasteiger partial charge in [-0.2, -0.15) is 0 Å². The summed E-state index contributed by atoms with van der Waals surface area (Å²) in [6, 6.07) is 3.22. The van der Waals surface area contributed by atoms with Crippen molar-refractivity contribution in [1.82, 2.24) is 5.32 Å². The summed E-state index contributed by atoms with van der Waals surface area (Å²) in [5.74, 6) is -1.46. The second-order valence-corrected chi connectivity index (χ2v) is 3.35. The molecule has 0 spiro atoms. The average molecular weight is 199 g/mol. The van der Waals surface area contributed by atoms with E-state index >= 15 is 0 Å². The van der Waals surface area contributed by atoms with Crippen LogP contribution in [0.25, 0.3) is 0 Å². The van der Waals surface area contributed by atoms with Crippen molar-refractivity contribution in [3.8, 4) is 0 Å². The van der Waals surface area contributed by atoms with Gasteiger partial charge >= 0.3 is 0 Å². The van der Waals surface area contributed by atoms with Gasteiger partial charge in [-0.3, -0.25) is 0 Å². The van der Waals surface area contributed by atoms with Gasteiger partial charge in [0.05, 0.1) is 0 Å². The number of hydrogen-bond donors (Lipinski definition) is 1. The number of benzene rings is 1. The highest BCUT2D eigenvalue weighted by atomic mass is 19.2. The Hall–Kier alpha value is -0.960. The molecule has 0 radical (unpaired) electrons. The van der Waals surface area contributed by atoms with Gasteiger partial charge in [-0.1, -0.05) is 19.1 Å². The van der Waals surface area contributed by atoms with Crippen molar-refractivity contribution in [2.75, 3.05) is 6.54 Å². The van der Waals surface area contributed by atoms with Crippen LogP contribution < -0.4 is 5.32 Å². The van der Waals surface area contributed by atoms with E-state index in [1.165, 1.54) is 0 Å². The first-order chi connectivity index (χ1) is 6.66. The molecule has 0 atom stereocenters. The molecule has 14 heavy (non-hydrogen) atoms. The molecule has 0 fully saturated rings. The second-order valence-electron chi connectivity index (χ2n) is 3.35. The molecule has 0 aromatic heterocycles. The molecule has 0 aliphatic rings. The molecule has 0 unspecified atom stereocenters. The van der Waals surface area contributed by atoms with Crippen molar-refractivity contribution in [3.05, 3.63) is 34.9 Å². The van der Waals surface area contributed by atoms with Crippen LogP contribution in [0.15, 0.2) is 12.1 Å². The molecule has 1 aromatic carbocycles. The molecule has 0 amide bonds. The molecule has 0 saturated heterocycles. The second kappa shape index (κ2) is 5.05. The first-order valence-electron chi connectivity index (χ1n) is 4.81. The first-order valence-corrected chi connectivity index (χ1v) is 4.81. The third-order valence-electron chi connectivity index (χ3n) is 2.10. The van der Waals surface area contributed by atoms with Crippen molar-refractivity contribution in [2.45, 2.75) is 26.8 Å². The van der Waals surface area contributed by atoms with E-state index in [1.807, 2.05) is 6.92 Å². The van der Waals surface area contributed by atoms with Crippen LogP contribution in [0.4, 0.5) is 8.78 Å². The lowest BCUT2D eigenvalue weighted by Crippen LogP contribution is -2.15. The molecule has 1 aromatic rings. The van der Waals surface area contributed by atoms with Crippen LogP contribution in [0.3, 0.4) is 0 Å². The van der Waals surface area contributed by atoms with Gasteiger partial charge in [-0.25, -0.2) is 8.78 Å². The highest BCUT2D eigenvalue weighted by Gasteiger charge is 2.09. The molecule has 1 N–H and O–H groups in total. The zero-order chi connectivity index (χ0) is 10.6. The van der Waals surface area contributed by atoms with Gasteiger partial charge in [0.2, 0.25) is 0 Å². The van der Waals surface area contributed by atoms with E-state index < -0.39 is 11.6 Å². The molecule has 1 rings (SSSR count). The van der Waals surface area contributed by atoms with E-state index in [-0.39, 0.29) is 0 Å². The number of nitrogens with one attached hydrogen (secondary N) is 1. The maximum Gasteiger partial charge on any atom is 0.163 e. The fourth-order valence-corrected chi connectivity index (χ4v) is 1.22. The van der Waals surface area contributed by atoms with Gasteiger partial charge in [-0.05, 0) is 25.5 Å². The zero-order valence-corrected chi connectivity index (χ0v) is 8.53. The van der Waals surface area contributed by atoms with E-state index in [4.69, 9.17) is 0 Å². The Morgan fingerprint density at radius 3 is 2.57 bits per heavy atom. The minimum Gasteiger partial charge on any atom is -0.313 e. The monoisotopic (exact) mass is 199 g/mol. The van der Waals surface area contributed by atoms with Gasteiger partial charge in [0.1, 0.15) is 0 Å². The molecule has 0 saturated carbocycles. The normalized spacial score (nSPS) is 10.6. The van der Waals surface area contributed by atoms with Crippen molar-refractivity contribution in [1.29, 1.82) is 0 Å². The van der Waals surface area contributed by atoms with Gasteiger partial charge in [0.15, 0.2) is 11.6 Å². The fourth-order valence-electron chi connectivity index (χ4n) is 1.22. The first kappa shape index (κ1) is 11.1. The van der Waals surface area contributed by atoms with Crippen molar-refractivity contribution >= 4 is 0 Å². The van der Waals surface area contributed by atoms with E-state index in [2.05, 4.69) is 5.32 Å². The van der Waals surface area contributed by atoms with Crippen LogP contribution >= 0.6 is 0 Å². The Balaban J connectivity index is 2.73. The van der Waals surface area contributed by atoms with Crippen LogP contribution in [0.1, 0.15) is 24.5 Å². The molecule has 0 aliphatic heterocycles. The summed E-state index contributed by atoms with van der Waals surface area (Å²) in [5.41, 5.74) is 0.739. The van der Waals surface area contributed by atoms with Crippen LogP contribution in [0, 0.1) is 18.6 Å². The predicted molar refractivity (Wildman–Crippen MR) is 53.1 cm³/mol. The minimum absolute atomic E-state index is 0.349. The number of rotatable bonds is 4. The maximum atomic E-state index is 13.3. The predicted octanol–water partition coefficient (Wildman–Crippen LogP) is 2.77. The molecule has 0 bridgehead atoms. The summed E-state index contributed by atoms with van der Waals surface area (Å²) in [5, 5.41) is 3.03. The van der Waals surface area contributed by atoms with Crippen LogP contribution in [-0.4, -0.2) is 6.54 Å². The molecular formula is C11H15F2N. The summed E-state index contributed by atoms with van der Waals surface area (Å²) in [6.45, 7) is 4.78. The summed E-state index contributed by atoms with van der Waals surface area (Å²) < 4.78 is 26.4. The summed E-state index contributed by atoms with van der Waals surface area (Å²) >= 11 is 0. The molecular weight excluding hydrogens is 184 g/mol. The molecule has 0 aliphatic carbocycles. The SMILES string of the molecule is CCCNCc1ccc(C)c(F)c1F. The van der Waals surface area contributed by atoms with Crippen LogP contribution in [0.2, 0.25) is 0 Å². The third-order valence-corrected chi connectivity index (χ3v) is 2.10. The summed E-state index contributed by atoms with van der Waals surface area (Å²) in [7, 11) is 0. The Morgan fingerprint density at radius 2 is 1.93 bits per heavy atom. The summed E-state index contributed by atoms with van der Waals surface area (Å²) in [6.07, 6.45) is 0.982. The van der Waals surface area contributed by atoms with Gasteiger partial charge in [0, 0.05) is 12.1 Å². The zero-order valence-electron chi connectivity index (χ0n) is 8.53. The van der Waals surface area contributed by atoms with Crippen LogP contribution in [0.5, 0.6) is 0 Å². The van der Waals surface area contributed by atoms with Crippen molar-refractivity contribution in [3.63, 3.8) is 0 Å². The number of hydrogen-bond acceptors (Lipinski definition) is 1. The van der Waals surface area contributed by atoms with Gasteiger partial charge in [-0.15, -0.1) is 0 Å². The Kier molecular flexibility index (Phi) is 4.01. The lowest BCUT2D eigenvalue weighted by molar-refractivity contribution is 0.488. The Labute approximate surface area is 83.1 Å². The fraction of sp³-hybridized carbons (Fsp3) is 0.455. The average Bonchev–Trinajstić information content (AvgIpc) is 2.18. The van der Waals surface area contributed by atoms with E-state index in [9.17, 15) is 8.78 Å². The van der Waals surface area contributed by atoms with Crippen LogP contribution in [-0.2, 0) is 6.54 Å². The number of aryl methyl sites for hydroxylation is 1. The molecule has 3 heteroatoms. The minimum atomic E-state index is -0.735. The van der Waals surface area contributed by atoms with Crippen molar-refractivity contribution in [2.24, 2.45) is 0 Å². The van der Waals surface area contributed by atoms with Gasteiger partial charge in [0.25, 0.3) is 0 Å². The standard InChI is InChI=1S/C11H15F2N/c1-3-6-14-7-9-5-4-8(2)10(12)11(9)13/h4-5,14H,3,6-7H2,1-2H3. The lowest BCUT2D eigenvalue weighted by Gasteiger charge is -2.06. The topological polar surface area (TPSA) is 12.0 Å². The van der Waals surface area contributed by atoms with E-state index in [1.54, 1.807) is 19.1 Å². The highest BCUT2D eigenvalue weighted by molar-refractivity contribution is 5.25. The van der Waals surface area contributed by atoms with Gasteiger partial charge < -0.3 is 5.32 Å². The Bertz CT molecular complexity index is 310. The maximum absolute atomic E-state index is 13.3. The molecule has 78 valence electrons. The smallest absolute Gasteiger partial charge is 0.163 e. The largest absolute Gasteiger partial charge is 0.313 e. The van der Waals surface area contributed by atoms with E-state index in [0.717, 1.165) is 13.0 Å². The lowest BCUT2D eigenvalue weighted by atomic mass is 10.1. The summed E-state index contributed by atoms with van der Waals surface area (Å²) in [4.78, 5) is 0. The van der Waals surface area contributed by atoms with Crippen molar-refractivity contribution < 1.29 is 8.78 Å². The molecule has 0 heterocycles. The third kappa shape index (κ3) is 2.51. The quantitative estimate of drug-likeness (QED) is 0.735. The Morgan fingerprint density at radius 1 is 1.21 bits per heavy atom. The highest BCUT2D eigenvalue weighted by Crippen LogP contribution is 2.15. The van der Waals surface area contributed by atoms with E-state index in [0.29, 0.717) is 17.7 Å². The molecule has 1 nitrogen and oxygen atoms in total.